The molecule has 0 aromatic heterocycles. The lowest BCUT2D eigenvalue weighted by molar-refractivity contribution is -0.131. The van der Waals surface area contributed by atoms with E-state index >= 15 is 0 Å². The molecule has 0 aliphatic heterocycles. The predicted molar refractivity (Wildman–Crippen MR) is 82.3 cm³/mol. The second-order valence-corrected chi connectivity index (χ2v) is 4.95. The number of esters is 1. The van der Waals surface area contributed by atoms with E-state index < -0.39 is 23.8 Å². The molecule has 2 amide bonds. The van der Waals surface area contributed by atoms with E-state index in [2.05, 4.69) is 5.32 Å². The molecule has 0 heterocycles. The molecule has 0 saturated carbocycles. The highest BCUT2D eigenvalue weighted by Gasteiger charge is 2.18. The van der Waals surface area contributed by atoms with Crippen LogP contribution in [0, 0.1) is 11.3 Å². The average molecular weight is 317 g/mol. The van der Waals surface area contributed by atoms with Crippen molar-refractivity contribution in [2.45, 2.75) is 38.6 Å². The fraction of sp³-hybridized carbons (Fsp3) is 0.375. The number of primary amides is 1. The van der Waals surface area contributed by atoms with Crippen LogP contribution < -0.4 is 15.8 Å². The van der Waals surface area contributed by atoms with Gasteiger partial charge in [-0.05, 0) is 43.5 Å². The lowest BCUT2D eigenvalue weighted by atomic mass is 10.1. The second kappa shape index (κ2) is 9.20. The molecule has 1 rings (SSSR count). The van der Waals surface area contributed by atoms with Crippen LogP contribution in [0.4, 0.5) is 0 Å². The first-order valence-corrected chi connectivity index (χ1v) is 7.19. The molecule has 0 aliphatic rings. The monoisotopic (exact) mass is 317 g/mol. The number of nitrogens with two attached hydrogens (primary N) is 1. The normalized spacial score (nSPS) is 11.1. The van der Waals surface area contributed by atoms with Crippen LogP contribution in [0.5, 0.6) is 5.75 Å². The summed E-state index contributed by atoms with van der Waals surface area (Å²) in [5.41, 5.74) is 5.60. The van der Waals surface area contributed by atoms with Gasteiger partial charge in [-0.25, -0.2) is 0 Å². The maximum Gasteiger partial charge on any atom is 0.308 e. The van der Waals surface area contributed by atoms with E-state index in [1.54, 1.807) is 0 Å². The lowest BCUT2D eigenvalue weighted by Gasteiger charge is -2.15. The number of rotatable bonds is 8. The standard InChI is InChI=1S/C16H19N3O4/c1-11(20)23-13-8-6-12(7-9-13)16(22)19-14(15(18)21)5-3-2-4-10-17/h6-9,14H,2-5H2,1H3,(H2,18,21)(H,19,22)/t14-/m1/s1. The number of nitrogens with one attached hydrogen (secondary N) is 1. The number of unbranched alkanes of at least 4 members (excludes halogenated alkanes) is 2. The molecule has 7 nitrogen and oxygen atoms in total. The van der Waals surface area contributed by atoms with Gasteiger partial charge in [0.1, 0.15) is 11.8 Å². The van der Waals surface area contributed by atoms with Gasteiger partial charge < -0.3 is 15.8 Å². The van der Waals surface area contributed by atoms with Crippen LogP contribution in [0.3, 0.4) is 0 Å². The zero-order valence-corrected chi connectivity index (χ0v) is 12.9. The topological polar surface area (TPSA) is 122 Å². The molecule has 3 N–H and O–H groups in total. The van der Waals surface area contributed by atoms with Gasteiger partial charge in [-0.2, -0.15) is 5.26 Å². The van der Waals surface area contributed by atoms with Crippen molar-refractivity contribution in [3.05, 3.63) is 29.8 Å². The molecular weight excluding hydrogens is 298 g/mol. The molecule has 0 radical (unpaired) electrons. The Bertz CT molecular complexity index is 605. The first-order valence-electron chi connectivity index (χ1n) is 7.19. The van der Waals surface area contributed by atoms with Crippen LogP contribution in [0.25, 0.3) is 0 Å². The molecule has 0 unspecified atom stereocenters. The summed E-state index contributed by atoms with van der Waals surface area (Å²) >= 11 is 0. The number of hydrogen-bond acceptors (Lipinski definition) is 5. The number of nitriles is 1. The summed E-state index contributed by atoms with van der Waals surface area (Å²) in [5.74, 6) is -1.18. The molecule has 1 aromatic carbocycles. The van der Waals surface area contributed by atoms with E-state index in [9.17, 15) is 14.4 Å². The van der Waals surface area contributed by atoms with Crippen LogP contribution in [0.1, 0.15) is 43.0 Å². The van der Waals surface area contributed by atoms with Gasteiger partial charge in [-0.1, -0.05) is 0 Å². The molecule has 122 valence electrons. The van der Waals surface area contributed by atoms with Gasteiger partial charge in [-0.15, -0.1) is 0 Å². The zero-order valence-electron chi connectivity index (χ0n) is 12.9. The Hall–Kier alpha value is -2.88. The van der Waals surface area contributed by atoms with Crippen molar-refractivity contribution in [2.24, 2.45) is 5.73 Å². The van der Waals surface area contributed by atoms with E-state index in [4.69, 9.17) is 15.7 Å². The third-order valence-corrected chi connectivity index (χ3v) is 3.06. The fourth-order valence-electron chi connectivity index (χ4n) is 1.92. The number of carbonyl (C=O) groups excluding carboxylic acids is 3. The number of nitrogens with zero attached hydrogens (tertiary/aromatic N) is 1. The fourth-order valence-corrected chi connectivity index (χ4v) is 1.92. The molecule has 0 aliphatic carbocycles. The van der Waals surface area contributed by atoms with E-state index in [1.165, 1.54) is 31.2 Å². The summed E-state index contributed by atoms with van der Waals surface area (Å²) in [4.78, 5) is 34.3. The van der Waals surface area contributed by atoms with Gasteiger partial charge in [-0.3, -0.25) is 14.4 Å². The van der Waals surface area contributed by atoms with Crippen molar-refractivity contribution in [3.8, 4) is 11.8 Å². The zero-order chi connectivity index (χ0) is 17.2. The van der Waals surface area contributed by atoms with E-state index in [0.29, 0.717) is 37.0 Å². The molecule has 0 fully saturated rings. The average Bonchev–Trinajstić information content (AvgIpc) is 2.50. The Balaban J connectivity index is 2.62. The Labute approximate surface area is 134 Å². The Morgan fingerprint density at radius 1 is 1.26 bits per heavy atom. The van der Waals surface area contributed by atoms with Gasteiger partial charge in [0.2, 0.25) is 5.91 Å². The SMILES string of the molecule is CC(=O)Oc1ccc(C(=O)N[C@H](CCCCC#N)C(N)=O)cc1. The van der Waals surface area contributed by atoms with Crippen LogP contribution in [-0.2, 0) is 9.59 Å². The summed E-state index contributed by atoms with van der Waals surface area (Å²) in [7, 11) is 0. The number of benzene rings is 1. The molecule has 0 bridgehead atoms. The number of hydrogen-bond donors (Lipinski definition) is 2. The third-order valence-electron chi connectivity index (χ3n) is 3.06. The highest BCUT2D eigenvalue weighted by Crippen LogP contribution is 2.13. The molecule has 1 atom stereocenters. The van der Waals surface area contributed by atoms with Gasteiger partial charge >= 0.3 is 5.97 Å². The summed E-state index contributed by atoms with van der Waals surface area (Å²) in [6.07, 6.45) is 2.05. The van der Waals surface area contributed by atoms with Crippen LogP contribution in [0.2, 0.25) is 0 Å². The maximum absolute atomic E-state index is 12.1. The van der Waals surface area contributed by atoms with Crippen molar-refractivity contribution in [1.29, 1.82) is 5.26 Å². The summed E-state index contributed by atoms with van der Waals surface area (Å²) in [6.45, 7) is 1.28. The molecule has 23 heavy (non-hydrogen) atoms. The van der Waals surface area contributed by atoms with Crippen LogP contribution in [-0.4, -0.2) is 23.8 Å². The van der Waals surface area contributed by atoms with Crippen LogP contribution in [0.15, 0.2) is 24.3 Å². The van der Waals surface area contributed by atoms with Crippen molar-refractivity contribution in [2.75, 3.05) is 0 Å². The predicted octanol–water partition coefficient (Wildman–Crippen LogP) is 1.28. The van der Waals surface area contributed by atoms with Crippen LogP contribution >= 0.6 is 0 Å². The molecule has 7 heteroatoms. The first kappa shape index (κ1) is 18.2. The minimum atomic E-state index is -0.783. The third kappa shape index (κ3) is 6.61. The molecular formula is C16H19N3O4. The van der Waals surface area contributed by atoms with Crippen molar-refractivity contribution in [1.82, 2.24) is 5.32 Å². The number of carbonyl (C=O) groups is 3. The lowest BCUT2D eigenvalue weighted by Crippen LogP contribution is -2.44. The van der Waals surface area contributed by atoms with E-state index in [-0.39, 0.29) is 0 Å². The number of ether oxygens (including phenoxy) is 1. The second-order valence-electron chi connectivity index (χ2n) is 4.95. The van der Waals surface area contributed by atoms with Crippen molar-refractivity contribution in [3.63, 3.8) is 0 Å². The largest absolute Gasteiger partial charge is 0.427 e. The van der Waals surface area contributed by atoms with E-state index in [0.717, 1.165) is 0 Å². The minimum absolute atomic E-state index is 0.323. The summed E-state index contributed by atoms with van der Waals surface area (Å²) in [6, 6.07) is 7.19. The Morgan fingerprint density at radius 2 is 1.91 bits per heavy atom. The van der Waals surface area contributed by atoms with Crippen molar-refractivity contribution < 1.29 is 19.1 Å². The van der Waals surface area contributed by atoms with Gasteiger partial charge in [0.25, 0.3) is 5.91 Å². The maximum atomic E-state index is 12.1. The highest BCUT2D eigenvalue weighted by atomic mass is 16.5. The highest BCUT2D eigenvalue weighted by molar-refractivity contribution is 5.97. The van der Waals surface area contributed by atoms with Crippen molar-refractivity contribution >= 4 is 17.8 Å². The Kier molecular flexibility index (Phi) is 7.27. The summed E-state index contributed by atoms with van der Waals surface area (Å²) in [5, 5.41) is 11.0. The number of amides is 2. The Morgan fingerprint density at radius 3 is 2.43 bits per heavy atom. The minimum Gasteiger partial charge on any atom is -0.427 e. The molecule has 0 spiro atoms. The van der Waals surface area contributed by atoms with Gasteiger partial charge in [0.15, 0.2) is 0 Å². The molecule has 0 saturated heterocycles. The molecule has 1 aromatic rings. The quantitative estimate of drug-likeness (QED) is 0.425. The smallest absolute Gasteiger partial charge is 0.308 e. The van der Waals surface area contributed by atoms with Gasteiger partial charge in [0.05, 0.1) is 6.07 Å². The first-order chi connectivity index (χ1) is 10.9. The van der Waals surface area contributed by atoms with Gasteiger partial charge in [0, 0.05) is 18.9 Å². The van der Waals surface area contributed by atoms with E-state index in [1.807, 2.05) is 6.07 Å². The summed E-state index contributed by atoms with van der Waals surface area (Å²) < 4.78 is 4.87.